The monoisotopic (exact) mass is 329 g/mol. The summed E-state index contributed by atoms with van der Waals surface area (Å²) in [4.78, 5) is 16.3. The lowest BCUT2D eigenvalue weighted by Crippen LogP contribution is -2.34. The van der Waals surface area contributed by atoms with Crippen LogP contribution in [0.2, 0.25) is 0 Å². The first-order valence-corrected chi connectivity index (χ1v) is 8.27. The molecule has 1 fully saturated rings. The van der Waals surface area contributed by atoms with Crippen LogP contribution in [0.4, 0.5) is 10.5 Å². The number of nitrogens with zero attached hydrogens (tertiary/aromatic N) is 2. The highest BCUT2D eigenvalue weighted by Gasteiger charge is 2.36. The van der Waals surface area contributed by atoms with Crippen molar-refractivity contribution in [1.29, 1.82) is 0 Å². The summed E-state index contributed by atoms with van der Waals surface area (Å²) in [6.07, 6.45) is 3.93. The van der Waals surface area contributed by atoms with E-state index in [1.807, 2.05) is 32.0 Å². The van der Waals surface area contributed by atoms with Crippen molar-refractivity contribution in [2.24, 2.45) is 5.73 Å². The molecule has 7 nitrogen and oxygen atoms in total. The van der Waals surface area contributed by atoms with Crippen LogP contribution in [0.1, 0.15) is 45.4 Å². The van der Waals surface area contributed by atoms with Crippen LogP contribution in [-0.4, -0.2) is 22.2 Å². The number of rotatable bonds is 4. The van der Waals surface area contributed by atoms with Crippen molar-refractivity contribution in [3.63, 3.8) is 0 Å². The Labute approximate surface area is 141 Å². The Morgan fingerprint density at radius 2 is 2.08 bits per heavy atom. The Bertz CT molecular complexity index is 719. The molecule has 0 atom stereocenters. The molecule has 24 heavy (non-hydrogen) atoms. The fourth-order valence-corrected chi connectivity index (χ4v) is 2.93. The van der Waals surface area contributed by atoms with Gasteiger partial charge in [-0.05, 0) is 44.9 Å². The zero-order valence-electron chi connectivity index (χ0n) is 14.0. The quantitative estimate of drug-likeness (QED) is 0.799. The normalized spacial score (nSPS) is 16.3. The molecule has 7 heteroatoms. The zero-order chi connectivity index (χ0) is 17.2. The van der Waals surface area contributed by atoms with Crippen LogP contribution >= 0.6 is 0 Å². The lowest BCUT2D eigenvalue weighted by atomic mass is 9.99. The van der Waals surface area contributed by atoms with Gasteiger partial charge in [-0.3, -0.25) is 0 Å². The maximum absolute atomic E-state index is 11.8. The third-order valence-electron chi connectivity index (χ3n) is 4.15. The first-order chi connectivity index (χ1) is 11.5. The maximum atomic E-state index is 11.8. The minimum Gasteiger partial charge on any atom is -0.336 e. The van der Waals surface area contributed by atoms with E-state index in [-0.39, 0.29) is 12.1 Å². The highest BCUT2D eigenvalue weighted by atomic mass is 16.5. The lowest BCUT2D eigenvalue weighted by molar-refractivity contribution is 0.250. The Kier molecular flexibility index (Phi) is 4.53. The van der Waals surface area contributed by atoms with Gasteiger partial charge in [0.2, 0.25) is 0 Å². The van der Waals surface area contributed by atoms with Crippen molar-refractivity contribution in [1.82, 2.24) is 15.5 Å². The fourth-order valence-electron chi connectivity index (χ4n) is 2.93. The highest BCUT2D eigenvalue weighted by Crippen LogP contribution is 2.35. The SMILES string of the molecule is CC(C)NC(=O)Nc1cccc(-c2nc(C3(N)CCCC3)no2)c1. The Morgan fingerprint density at radius 1 is 1.33 bits per heavy atom. The zero-order valence-corrected chi connectivity index (χ0v) is 14.0. The van der Waals surface area contributed by atoms with Gasteiger partial charge in [-0.1, -0.05) is 24.1 Å². The van der Waals surface area contributed by atoms with Gasteiger partial charge in [0, 0.05) is 17.3 Å². The Morgan fingerprint density at radius 3 is 2.79 bits per heavy atom. The summed E-state index contributed by atoms with van der Waals surface area (Å²) < 4.78 is 5.38. The molecular formula is C17H23N5O2. The number of urea groups is 1. The van der Waals surface area contributed by atoms with Gasteiger partial charge in [-0.25, -0.2) is 4.79 Å². The average molecular weight is 329 g/mol. The summed E-state index contributed by atoms with van der Waals surface area (Å²) in [6, 6.07) is 7.12. The predicted molar refractivity (Wildman–Crippen MR) is 91.4 cm³/mol. The Balaban J connectivity index is 1.77. The number of hydrogen-bond acceptors (Lipinski definition) is 5. The second kappa shape index (κ2) is 6.60. The van der Waals surface area contributed by atoms with E-state index in [2.05, 4.69) is 20.8 Å². The molecule has 4 N–H and O–H groups in total. The molecule has 0 saturated heterocycles. The second-order valence-electron chi connectivity index (χ2n) is 6.62. The van der Waals surface area contributed by atoms with Crippen LogP contribution in [0.5, 0.6) is 0 Å². The molecule has 0 radical (unpaired) electrons. The van der Waals surface area contributed by atoms with E-state index < -0.39 is 5.54 Å². The summed E-state index contributed by atoms with van der Waals surface area (Å²) in [5, 5.41) is 9.63. The molecule has 1 heterocycles. The first kappa shape index (κ1) is 16.4. The molecule has 128 valence electrons. The summed E-state index contributed by atoms with van der Waals surface area (Å²) in [5.41, 5.74) is 7.29. The summed E-state index contributed by atoms with van der Waals surface area (Å²) >= 11 is 0. The van der Waals surface area contributed by atoms with Gasteiger partial charge in [0.05, 0.1) is 5.54 Å². The number of nitrogens with one attached hydrogen (secondary N) is 2. The molecule has 1 aliphatic carbocycles. The van der Waals surface area contributed by atoms with Crippen molar-refractivity contribution < 1.29 is 9.32 Å². The number of aromatic nitrogens is 2. The van der Waals surface area contributed by atoms with Crippen molar-refractivity contribution in [3.8, 4) is 11.5 Å². The topological polar surface area (TPSA) is 106 Å². The smallest absolute Gasteiger partial charge is 0.319 e. The minimum atomic E-state index is -0.477. The van der Waals surface area contributed by atoms with Crippen molar-refractivity contribution in [2.75, 3.05) is 5.32 Å². The summed E-state index contributed by atoms with van der Waals surface area (Å²) in [7, 11) is 0. The van der Waals surface area contributed by atoms with Crippen LogP contribution in [0, 0.1) is 0 Å². The van der Waals surface area contributed by atoms with Crippen LogP contribution < -0.4 is 16.4 Å². The molecule has 0 bridgehead atoms. The van der Waals surface area contributed by atoms with Crippen molar-refractivity contribution in [3.05, 3.63) is 30.1 Å². The van der Waals surface area contributed by atoms with E-state index in [0.29, 0.717) is 17.4 Å². The molecule has 1 aromatic carbocycles. The van der Waals surface area contributed by atoms with Gasteiger partial charge in [0.1, 0.15) is 0 Å². The van der Waals surface area contributed by atoms with E-state index in [0.717, 1.165) is 31.2 Å². The largest absolute Gasteiger partial charge is 0.336 e. The van der Waals surface area contributed by atoms with Crippen LogP contribution in [0.25, 0.3) is 11.5 Å². The minimum absolute atomic E-state index is 0.0684. The molecule has 1 saturated carbocycles. The van der Waals surface area contributed by atoms with Crippen LogP contribution in [-0.2, 0) is 5.54 Å². The molecule has 3 rings (SSSR count). The third kappa shape index (κ3) is 3.56. The number of anilines is 1. The average Bonchev–Trinajstić information content (AvgIpc) is 3.16. The third-order valence-corrected chi connectivity index (χ3v) is 4.15. The summed E-state index contributed by atoms with van der Waals surface area (Å²) in [6.45, 7) is 3.81. The van der Waals surface area contributed by atoms with Crippen molar-refractivity contribution in [2.45, 2.75) is 51.1 Å². The molecule has 2 aromatic rings. The molecule has 0 unspecified atom stereocenters. The van der Waals surface area contributed by atoms with E-state index in [1.165, 1.54) is 0 Å². The van der Waals surface area contributed by atoms with Gasteiger partial charge in [-0.2, -0.15) is 4.98 Å². The van der Waals surface area contributed by atoms with E-state index in [1.54, 1.807) is 6.07 Å². The number of benzene rings is 1. The molecule has 1 aromatic heterocycles. The second-order valence-corrected chi connectivity index (χ2v) is 6.62. The highest BCUT2D eigenvalue weighted by molar-refractivity contribution is 5.90. The van der Waals surface area contributed by atoms with Gasteiger partial charge < -0.3 is 20.9 Å². The van der Waals surface area contributed by atoms with Crippen molar-refractivity contribution >= 4 is 11.7 Å². The number of carbonyl (C=O) groups excluding carboxylic acids is 1. The number of carbonyl (C=O) groups is 1. The molecular weight excluding hydrogens is 306 g/mol. The van der Waals surface area contributed by atoms with E-state index >= 15 is 0 Å². The Hall–Kier alpha value is -2.41. The fraction of sp³-hybridized carbons (Fsp3) is 0.471. The molecule has 0 spiro atoms. The lowest BCUT2D eigenvalue weighted by Gasteiger charge is -2.17. The number of hydrogen-bond donors (Lipinski definition) is 3. The maximum Gasteiger partial charge on any atom is 0.319 e. The first-order valence-electron chi connectivity index (χ1n) is 8.27. The van der Waals surface area contributed by atoms with Crippen LogP contribution in [0.3, 0.4) is 0 Å². The van der Waals surface area contributed by atoms with E-state index in [9.17, 15) is 4.79 Å². The molecule has 0 aliphatic heterocycles. The molecule has 1 aliphatic rings. The summed E-state index contributed by atoms with van der Waals surface area (Å²) in [5.74, 6) is 0.973. The predicted octanol–water partition coefficient (Wildman–Crippen LogP) is 2.99. The van der Waals surface area contributed by atoms with Gasteiger partial charge >= 0.3 is 6.03 Å². The van der Waals surface area contributed by atoms with Gasteiger partial charge in [0.15, 0.2) is 5.82 Å². The van der Waals surface area contributed by atoms with Crippen LogP contribution in [0.15, 0.2) is 28.8 Å². The van der Waals surface area contributed by atoms with Gasteiger partial charge in [0.25, 0.3) is 5.89 Å². The standard InChI is InChI=1S/C17H23N5O2/c1-11(2)19-16(23)20-13-7-5-6-12(10-13)14-21-15(22-24-14)17(18)8-3-4-9-17/h5-7,10-11H,3-4,8-9,18H2,1-2H3,(H2,19,20,23). The number of nitrogens with two attached hydrogens (primary N) is 1. The van der Waals surface area contributed by atoms with E-state index in [4.69, 9.17) is 10.3 Å². The number of amides is 2. The molecule has 2 amide bonds. The van der Waals surface area contributed by atoms with Gasteiger partial charge in [-0.15, -0.1) is 0 Å².